The van der Waals surface area contributed by atoms with Crippen molar-refractivity contribution in [3.8, 4) is 0 Å². The summed E-state index contributed by atoms with van der Waals surface area (Å²) in [6.45, 7) is 2.81. The molecule has 1 saturated heterocycles. The van der Waals surface area contributed by atoms with Gasteiger partial charge in [0.2, 0.25) is 11.8 Å². The second-order valence-corrected chi connectivity index (χ2v) is 6.85. The molecule has 0 aromatic carbocycles. The molecule has 2 aromatic rings. The number of aryl methyl sites for hydroxylation is 1. The number of aromatic nitrogens is 2. The summed E-state index contributed by atoms with van der Waals surface area (Å²) in [6, 6.07) is 5.29. The molecule has 0 bridgehead atoms. The zero-order valence-electron chi connectivity index (χ0n) is 13.6. The van der Waals surface area contributed by atoms with Crippen molar-refractivity contribution in [2.24, 2.45) is 0 Å². The third kappa shape index (κ3) is 3.97. The molecule has 1 aliphatic rings. The monoisotopic (exact) mass is 344 g/mol. The minimum absolute atomic E-state index is 0.0213. The normalized spacial score (nSPS) is 17.0. The number of thiophene rings is 1. The summed E-state index contributed by atoms with van der Waals surface area (Å²) < 4.78 is 0. The third-order valence-corrected chi connectivity index (χ3v) is 4.94. The maximum Gasteiger partial charge on any atom is 0.243 e. The van der Waals surface area contributed by atoms with Crippen molar-refractivity contribution in [2.75, 3.05) is 6.54 Å². The van der Waals surface area contributed by atoms with Crippen LogP contribution in [0.1, 0.15) is 29.2 Å². The molecule has 24 heavy (non-hydrogen) atoms. The zero-order chi connectivity index (χ0) is 16.9. The van der Waals surface area contributed by atoms with Gasteiger partial charge in [0.1, 0.15) is 11.9 Å². The molecule has 2 aromatic heterocycles. The number of nitrogens with one attached hydrogen (secondary N) is 1. The predicted octanol–water partition coefficient (Wildman–Crippen LogP) is 1.70. The lowest BCUT2D eigenvalue weighted by atomic mass is 10.2. The number of carbonyl (C=O) groups excluding carboxylic acids is 2. The minimum atomic E-state index is -0.375. The average molecular weight is 344 g/mol. The van der Waals surface area contributed by atoms with Gasteiger partial charge in [-0.2, -0.15) is 0 Å². The Morgan fingerprint density at radius 1 is 1.42 bits per heavy atom. The van der Waals surface area contributed by atoms with Gasteiger partial charge in [-0.25, -0.2) is 9.97 Å². The van der Waals surface area contributed by atoms with Gasteiger partial charge in [0.25, 0.3) is 0 Å². The Kier molecular flexibility index (Phi) is 5.20. The van der Waals surface area contributed by atoms with E-state index in [0.29, 0.717) is 31.8 Å². The molecular weight excluding hydrogens is 324 g/mol. The van der Waals surface area contributed by atoms with Crippen LogP contribution in [0.5, 0.6) is 0 Å². The molecule has 7 heteroatoms. The molecule has 3 heterocycles. The summed E-state index contributed by atoms with van der Waals surface area (Å²) in [5.74, 6) is 0.589. The smallest absolute Gasteiger partial charge is 0.243 e. The number of amides is 2. The molecular formula is C17H20N4O2S. The SMILES string of the molecule is Cc1nccc(CNC(=O)C2CCCN2C(=O)Cc2cccs2)n1. The van der Waals surface area contributed by atoms with E-state index in [-0.39, 0.29) is 17.9 Å². The fourth-order valence-corrected chi connectivity index (χ4v) is 3.60. The molecule has 126 valence electrons. The molecule has 1 unspecified atom stereocenters. The zero-order valence-corrected chi connectivity index (χ0v) is 14.4. The van der Waals surface area contributed by atoms with Crippen molar-refractivity contribution in [1.29, 1.82) is 0 Å². The summed E-state index contributed by atoms with van der Waals surface area (Å²) >= 11 is 1.57. The van der Waals surface area contributed by atoms with Gasteiger partial charge in [0, 0.05) is 17.6 Å². The molecule has 6 nitrogen and oxygen atoms in total. The second kappa shape index (κ2) is 7.53. The largest absolute Gasteiger partial charge is 0.349 e. The van der Waals surface area contributed by atoms with Gasteiger partial charge < -0.3 is 10.2 Å². The van der Waals surface area contributed by atoms with E-state index >= 15 is 0 Å². The van der Waals surface area contributed by atoms with E-state index in [9.17, 15) is 9.59 Å². The summed E-state index contributed by atoms with van der Waals surface area (Å²) in [7, 11) is 0. The van der Waals surface area contributed by atoms with Crippen LogP contribution < -0.4 is 5.32 Å². The molecule has 3 rings (SSSR count). The first-order chi connectivity index (χ1) is 11.6. The average Bonchev–Trinajstić information content (AvgIpc) is 3.24. The van der Waals surface area contributed by atoms with Gasteiger partial charge in [-0.3, -0.25) is 9.59 Å². The van der Waals surface area contributed by atoms with Crippen LogP contribution in [0.15, 0.2) is 29.8 Å². The lowest BCUT2D eigenvalue weighted by molar-refractivity contribution is -0.138. The van der Waals surface area contributed by atoms with Gasteiger partial charge in [0.05, 0.1) is 18.7 Å². The minimum Gasteiger partial charge on any atom is -0.349 e. The van der Waals surface area contributed by atoms with E-state index < -0.39 is 0 Å². The van der Waals surface area contributed by atoms with E-state index in [4.69, 9.17) is 0 Å². The van der Waals surface area contributed by atoms with E-state index in [0.717, 1.165) is 17.0 Å². The summed E-state index contributed by atoms with van der Waals surface area (Å²) in [6.07, 6.45) is 3.62. The Hall–Kier alpha value is -2.28. The Morgan fingerprint density at radius 2 is 2.29 bits per heavy atom. The Balaban J connectivity index is 1.58. The molecule has 0 radical (unpaired) electrons. The molecule has 1 fully saturated rings. The fourth-order valence-electron chi connectivity index (χ4n) is 2.90. The topological polar surface area (TPSA) is 75.2 Å². The van der Waals surface area contributed by atoms with E-state index in [1.807, 2.05) is 24.4 Å². The van der Waals surface area contributed by atoms with E-state index in [1.165, 1.54) is 0 Å². The number of carbonyl (C=O) groups is 2. The standard InChI is InChI=1S/C17H20N4O2S/c1-12-18-7-6-13(20-12)11-19-17(23)15-5-2-8-21(15)16(22)10-14-4-3-9-24-14/h3-4,6-7,9,15H,2,5,8,10-11H2,1H3,(H,19,23). The van der Waals surface area contributed by atoms with Gasteiger partial charge in [-0.05, 0) is 37.3 Å². The second-order valence-electron chi connectivity index (χ2n) is 5.81. The van der Waals surface area contributed by atoms with Crippen LogP contribution in [0.25, 0.3) is 0 Å². The van der Waals surface area contributed by atoms with E-state index in [2.05, 4.69) is 15.3 Å². The highest BCUT2D eigenvalue weighted by molar-refractivity contribution is 7.10. The lowest BCUT2D eigenvalue weighted by Crippen LogP contribution is -2.46. The molecule has 1 aliphatic heterocycles. The molecule has 1 atom stereocenters. The maximum absolute atomic E-state index is 12.5. The first kappa shape index (κ1) is 16.6. The lowest BCUT2D eigenvalue weighted by Gasteiger charge is -2.23. The highest BCUT2D eigenvalue weighted by Gasteiger charge is 2.33. The number of hydrogen-bond acceptors (Lipinski definition) is 5. The molecule has 2 amide bonds. The van der Waals surface area contributed by atoms with Crippen LogP contribution in [0.3, 0.4) is 0 Å². The van der Waals surface area contributed by atoms with Crippen molar-refractivity contribution in [2.45, 2.75) is 38.8 Å². The van der Waals surface area contributed by atoms with Crippen molar-refractivity contribution in [1.82, 2.24) is 20.2 Å². The number of rotatable bonds is 5. The van der Waals surface area contributed by atoms with Crippen molar-refractivity contribution in [3.63, 3.8) is 0 Å². The quantitative estimate of drug-likeness (QED) is 0.896. The predicted molar refractivity (Wildman–Crippen MR) is 91.4 cm³/mol. The van der Waals surface area contributed by atoms with Gasteiger partial charge >= 0.3 is 0 Å². The first-order valence-electron chi connectivity index (χ1n) is 8.01. The molecule has 0 saturated carbocycles. The van der Waals surface area contributed by atoms with Crippen LogP contribution >= 0.6 is 11.3 Å². The molecule has 1 N–H and O–H groups in total. The Bertz CT molecular complexity index is 717. The number of hydrogen-bond donors (Lipinski definition) is 1. The summed E-state index contributed by atoms with van der Waals surface area (Å²) in [5.41, 5.74) is 0.769. The maximum atomic E-state index is 12.5. The highest BCUT2D eigenvalue weighted by Crippen LogP contribution is 2.20. The third-order valence-electron chi connectivity index (χ3n) is 4.06. The Morgan fingerprint density at radius 3 is 3.04 bits per heavy atom. The summed E-state index contributed by atoms with van der Waals surface area (Å²) in [5, 5.41) is 4.85. The fraction of sp³-hybridized carbons (Fsp3) is 0.412. The van der Waals surface area contributed by atoms with Crippen LogP contribution in [0.4, 0.5) is 0 Å². The van der Waals surface area contributed by atoms with E-state index in [1.54, 1.807) is 28.5 Å². The number of nitrogens with zero attached hydrogens (tertiary/aromatic N) is 3. The van der Waals surface area contributed by atoms with Gasteiger partial charge in [-0.1, -0.05) is 6.07 Å². The van der Waals surface area contributed by atoms with Crippen LogP contribution in [-0.4, -0.2) is 39.3 Å². The number of likely N-dealkylation sites (tertiary alicyclic amines) is 1. The first-order valence-corrected chi connectivity index (χ1v) is 8.89. The Labute approximate surface area is 144 Å². The van der Waals surface area contributed by atoms with Crippen molar-refractivity contribution < 1.29 is 9.59 Å². The van der Waals surface area contributed by atoms with Crippen molar-refractivity contribution in [3.05, 3.63) is 46.2 Å². The van der Waals surface area contributed by atoms with Crippen LogP contribution in [0.2, 0.25) is 0 Å². The summed E-state index contributed by atoms with van der Waals surface area (Å²) in [4.78, 5) is 36.0. The molecule has 0 aliphatic carbocycles. The molecule has 0 spiro atoms. The van der Waals surface area contributed by atoms with Gasteiger partial charge in [-0.15, -0.1) is 11.3 Å². The van der Waals surface area contributed by atoms with Gasteiger partial charge in [0.15, 0.2) is 0 Å². The highest BCUT2D eigenvalue weighted by atomic mass is 32.1. The van der Waals surface area contributed by atoms with Crippen molar-refractivity contribution >= 4 is 23.2 Å². The van der Waals surface area contributed by atoms with Crippen LogP contribution in [0, 0.1) is 6.92 Å². The van der Waals surface area contributed by atoms with Crippen LogP contribution in [-0.2, 0) is 22.6 Å².